The van der Waals surface area contributed by atoms with Crippen molar-refractivity contribution in [2.24, 2.45) is 0 Å². The number of hydrogen-bond acceptors (Lipinski definition) is 5. The van der Waals surface area contributed by atoms with Gasteiger partial charge in [-0.1, -0.05) is 66.2 Å². The Morgan fingerprint density at radius 2 is 1.63 bits per heavy atom. The molecule has 8 nitrogen and oxygen atoms in total. The third-order valence-corrected chi connectivity index (χ3v) is 7.23. The fourth-order valence-electron chi connectivity index (χ4n) is 4.09. The van der Waals surface area contributed by atoms with Crippen molar-refractivity contribution < 1.29 is 22.7 Å². The van der Waals surface area contributed by atoms with Gasteiger partial charge in [0, 0.05) is 25.0 Å². The Morgan fingerprint density at radius 3 is 2.26 bits per heavy atom. The number of anilines is 1. The number of para-hydroxylation sites is 2. The zero-order valence-corrected chi connectivity index (χ0v) is 23.2. The number of benzene rings is 3. The molecule has 0 aromatic heterocycles. The van der Waals surface area contributed by atoms with Gasteiger partial charge in [0.2, 0.25) is 21.8 Å². The van der Waals surface area contributed by atoms with E-state index in [1.807, 2.05) is 30.3 Å². The SMILES string of the molecule is CCOc1ccccc1N(CC(=O)N(Cc1cccc(Cl)c1)[C@@H](Cc1ccccc1)C(=O)NC)S(C)(=O)=O. The average Bonchev–Trinajstić information content (AvgIpc) is 2.89. The van der Waals surface area contributed by atoms with Gasteiger partial charge in [-0.05, 0) is 42.3 Å². The summed E-state index contributed by atoms with van der Waals surface area (Å²) in [7, 11) is -2.39. The van der Waals surface area contributed by atoms with Crippen molar-refractivity contribution in [2.75, 3.05) is 30.8 Å². The van der Waals surface area contributed by atoms with Gasteiger partial charge in [0.15, 0.2) is 0 Å². The Labute approximate surface area is 229 Å². The molecule has 0 aliphatic rings. The van der Waals surface area contributed by atoms with E-state index in [1.165, 1.54) is 11.9 Å². The monoisotopic (exact) mass is 557 g/mol. The number of ether oxygens (including phenoxy) is 1. The molecule has 0 bridgehead atoms. The second-order valence-electron chi connectivity index (χ2n) is 8.64. The van der Waals surface area contributed by atoms with Crippen molar-refractivity contribution in [2.45, 2.75) is 25.9 Å². The van der Waals surface area contributed by atoms with Gasteiger partial charge in [-0.2, -0.15) is 0 Å². The lowest BCUT2D eigenvalue weighted by atomic mass is 10.0. The minimum atomic E-state index is -3.89. The molecule has 202 valence electrons. The van der Waals surface area contributed by atoms with Crippen molar-refractivity contribution in [3.63, 3.8) is 0 Å². The molecule has 1 N–H and O–H groups in total. The third-order valence-electron chi connectivity index (χ3n) is 5.87. The molecule has 10 heteroatoms. The van der Waals surface area contributed by atoms with Crippen LogP contribution < -0.4 is 14.4 Å². The van der Waals surface area contributed by atoms with Gasteiger partial charge in [0.1, 0.15) is 18.3 Å². The van der Waals surface area contributed by atoms with Crippen molar-refractivity contribution >= 4 is 39.1 Å². The molecule has 0 saturated carbocycles. The standard InChI is InChI=1S/C28H32ClN3O5S/c1-4-37-26-16-9-8-15-24(26)32(38(3,35)36)20-27(33)31(19-22-13-10-14-23(29)17-22)25(28(34)30-2)18-21-11-6-5-7-12-21/h5-17,25H,4,18-20H2,1-3H3,(H,30,34)/t25-/m0/s1. The summed E-state index contributed by atoms with van der Waals surface area (Å²) in [6.07, 6.45) is 1.27. The van der Waals surface area contributed by atoms with Crippen LogP contribution in [0.4, 0.5) is 5.69 Å². The molecule has 0 radical (unpaired) electrons. The average molecular weight is 558 g/mol. The topological polar surface area (TPSA) is 96.0 Å². The summed E-state index contributed by atoms with van der Waals surface area (Å²) >= 11 is 6.19. The number of rotatable bonds is 12. The van der Waals surface area contributed by atoms with E-state index in [1.54, 1.807) is 55.5 Å². The summed E-state index contributed by atoms with van der Waals surface area (Å²) in [5, 5.41) is 3.13. The van der Waals surface area contributed by atoms with Crippen LogP contribution in [0.2, 0.25) is 5.02 Å². The van der Waals surface area contributed by atoms with Crippen molar-refractivity contribution in [3.05, 3.63) is 95.0 Å². The summed E-state index contributed by atoms with van der Waals surface area (Å²) in [4.78, 5) is 28.5. The molecule has 0 aliphatic heterocycles. The first kappa shape index (κ1) is 29.0. The van der Waals surface area contributed by atoms with Crippen molar-refractivity contribution in [1.29, 1.82) is 0 Å². The van der Waals surface area contributed by atoms with Gasteiger partial charge < -0.3 is 15.0 Å². The van der Waals surface area contributed by atoms with Gasteiger partial charge in [0.25, 0.3) is 0 Å². The van der Waals surface area contributed by atoms with E-state index in [0.29, 0.717) is 22.9 Å². The van der Waals surface area contributed by atoms with E-state index >= 15 is 0 Å². The molecular weight excluding hydrogens is 526 g/mol. The van der Waals surface area contributed by atoms with Crippen LogP contribution in [0, 0.1) is 0 Å². The Bertz CT molecular complexity index is 1350. The highest BCUT2D eigenvalue weighted by atomic mass is 35.5. The van der Waals surface area contributed by atoms with E-state index in [9.17, 15) is 18.0 Å². The van der Waals surface area contributed by atoms with Gasteiger partial charge in [-0.15, -0.1) is 0 Å². The van der Waals surface area contributed by atoms with E-state index in [2.05, 4.69) is 5.32 Å². The van der Waals surface area contributed by atoms with E-state index in [4.69, 9.17) is 16.3 Å². The first-order valence-corrected chi connectivity index (χ1v) is 14.4. The second kappa shape index (κ2) is 13.3. The fourth-order valence-corrected chi connectivity index (χ4v) is 5.15. The first-order valence-electron chi connectivity index (χ1n) is 12.1. The molecule has 3 aromatic carbocycles. The number of nitrogens with one attached hydrogen (secondary N) is 1. The predicted octanol–water partition coefficient (Wildman–Crippen LogP) is 3.89. The molecule has 2 amide bonds. The highest BCUT2D eigenvalue weighted by Gasteiger charge is 2.33. The third kappa shape index (κ3) is 7.72. The smallest absolute Gasteiger partial charge is 0.244 e. The molecule has 1 atom stereocenters. The Kier molecular flexibility index (Phi) is 10.2. The van der Waals surface area contributed by atoms with Crippen LogP contribution in [0.5, 0.6) is 5.75 Å². The number of amides is 2. The van der Waals surface area contributed by atoms with Crippen LogP contribution in [0.25, 0.3) is 0 Å². The summed E-state index contributed by atoms with van der Waals surface area (Å²) in [6.45, 7) is 1.64. The molecule has 0 unspecified atom stereocenters. The molecule has 38 heavy (non-hydrogen) atoms. The highest BCUT2D eigenvalue weighted by molar-refractivity contribution is 7.92. The lowest BCUT2D eigenvalue weighted by Gasteiger charge is -2.33. The minimum absolute atomic E-state index is 0.0506. The minimum Gasteiger partial charge on any atom is -0.492 e. The molecule has 0 fully saturated rings. The molecule has 3 aromatic rings. The van der Waals surface area contributed by atoms with E-state index in [0.717, 1.165) is 16.1 Å². The quantitative estimate of drug-likeness (QED) is 0.364. The van der Waals surface area contributed by atoms with Gasteiger partial charge >= 0.3 is 0 Å². The first-order chi connectivity index (χ1) is 18.1. The number of hydrogen-bond donors (Lipinski definition) is 1. The number of sulfonamides is 1. The number of likely N-dealkylation sites (N-methyl/N-ethyl adjacent to an activating group) is 1. The zero-order chi connectivity index (χ0) is 27.7. The van der Waals surface area contributed by atoms with E-state index in [-0.39, 0.29) is 24.6 Å². The molecule has 3 rings (SSSR count). The lowest BCUT2D eigenvalue weighted by molar-refractivity contribution is -0.139. The number of carbonyl (C=O) groups is 2. The lowest BCUT2D eigenvalue weighted by Crippen LogP contribution is -2.52. The van der Waals surface area contributed by atoms with Gasteiger partial charge in [-0.25, -0.2) is 8.42 Å². The van der Waals surface area contributed by atoms with Crippen molar-refractivity contribution in [3.8, 4) is 5.75 Å². The van der Waals surface area contributed by atoms with Crippen LogP contribution in [0.15, 0.2) is 78.9 Å². The summed E-state index contributed by atoms with van der Waals surface area (Å²) < 4.78 is 32.5. The summed E-state index contributed by atoms with van der Waals surface area (Å²) in [5.74, 6) is -0.585. The van der Waals surface area contributed by atoms with Crippen molar-refractivity contribution in [1.82, 2.24) is 10.2 Å². The Morgan fingerprint density at radius 1 is 0.974 bits per heavy atom. The highest BCUT2D eigenvalue weighted by Crippen LogP contribution is 2.30. The largest absolute Gasteiger partial charge is 0.492 e. The maximum absolute atomic E-state index is 14.0. The predicted molar refractivity (Wildman–Crippen MR) is 150 cm³/mol. The fraction of sp³-hybridized carbons (Fsp3) is 0.286. The zero-order valence-electron chi connectivity index (χ0n) is 21.6. The van der Waals surface area contributed by atoms with Crippen LogP contribution in [-0.2, 0) is 32.6 Å². The second-order valence-corrected chi connectivity index (χ2v) is 11.0. The van der Waals surface area contributed by atoms with Crippen LogP contribution in [0.3, 0.4) is 0 Å². The Hall–Kier alpha value is -3.56. The molecule has 0 heterocycles. The number of carbonyl (C=O) groups excluding carboxylic acids is 2. The van der Waals surface area contributed by atoms with Crippen LogP contribution in [-0.4, -0.2) is 57.6 Å². The van der Waals surface area contributed by atoms with E-state index < -0.39 is 28.5 Å². The molecule has 0 saturated heterocycles. The summed E-state index contributed by atoms with van der Waals surface area (Å²) in [6, 6.07) is 22.0. The Balaban J connectivity index is 2.05. The molecule has 0 aliphatic carbocycles. The van der Waals surface area contributed by atoms with Gasteiger partial charge in [0.05, 0.1) is 18.6 Å². The maximum Gasteiger partial charge on any atom is 0.244 e. The van der Waals surface area contributed by atoms with Gasteiger partial charge in [-0.3, -0.25) is 13.9 Å². The van der Waals surface area contributed by atoms with Crippen LogP contribution in [0.1, 0.15) is 18.1 Å². The van der Waals surface area contributed by atoms with Crippen LogP contribution >= 0.6 is 11.6 Å². The summed E-state index contributed by atoms with van der Waals surface area (Å²) in [5.41, 5.74) is 1.80. The number of nitrogens with zero attached hydrogens (tertiary/aromatic N) is 2. The molecule has 0 spiro atoms. The maximum atomic E-state index is 14.0. The number of halogens is 1. The molecular formula is C28H32ClN3O5S. The normalized spacial score (nSPS) is 11.9.